The Balaban J connectivity index is 1.80. The van der Waals surface area contributed by atoms with E-state index in [2.05, 4.69) is 37.0 Å². The van der Waals surface area contributed by atoms with Gasteiger partial charge in [-0.05, 0) is 42.9 Å². The molecule has 0 aliphatic heterocycles. The lowest BCUT2D eigenvalue weighted by Crippen LogP contribution is -2.11. The second-order valence-electron chi connectivity index (χ2n) is 8.16. The third-order valence-electron chi connectivity index (χ3n) is 5.90. The quantitative estimate of drug-likeness (QED) is 0.595. The summed E-state index contributed by atoms with van der Waals surface area (Å²) in [6.45, 7) is 6.30. The van der Waals surface area contributed by atoms with Crippen molar-refractivity contribution in [1.29, 1.82) is 0 Å². The minimum Gasteiger partial charge on any atom is -0.496 e. The Morgan fingerprint density at radius 2 is 2.07 bits per heavy atom. The molecule has 1 aromatic carbocycles. The summed E-state index contributed by atoms with van der Waals surface area (Å²) in [5.41, 5.74) is 3.66. The lowest BCUT2D eigenvalue weighted by Gasteiger charge is -2.19. The third-order valence-corrected chi connectivity index (χ3v) is 7.51. The fourth-order valence-corrected chi connectivity index (χ4v) is 5.52. The van der Waals surface area contributed by atoms with Crippen molar-refractivity contribution < 1.29 is 13.2 Å². The molecule has 158 valence electrons. The summed E-state index contributed by atoms with van der Waals surface area (Å²) in [5.74, 6) is 2.41. The normalized spacial score (nSPS) is 16.8. The molecular weight excluding hydrogens is 384 g/mol. The van der Waals surface area contributed by atoms with Gasteiger partial charge in [0, 0.05) is 24.7 Å². The first-order valence-electron chi connectivity index (χ1n) is 10.4. The van der Waals surface area contributed by atoms with E-state index in [-0.39, 0.29) is 16.7 Å². The molecule has 29 heavy (non-hydrogen) atoms. The number of methoxy groups -OCH3 is 1. The van der Waals surface area contributed by atoms with Crippen molar-refractivity contribution >= 4 is 15.9 Å². The summed E-state index contributed by atoms with van der Waals surface area (Å²) in [6, 6.07) is 4.12. The molecule has 0 N–H and O–H groups in total. The van der Waals surface area contributed by atoms with Crippen LogP contribution in [0.4, 0.5) is 0 Å². The molecule has 6 heteroatoms. The van der Waals surface area contributed by atoms with Gasteiger partial charge < -0.3 is 9.30 Å². The summed E-state index contributed by atoms with van der Waals surface area (Å²) in [5, 5.41) is 0.170. The molecule has 3 rings (SSSR count). The number of hydrogen-bond donors (Lipinski definition) is 0. The SMILES string of the molecule is CCCC(C)Cc1c(OC)ccc2c1C=CC2CCS(=O)(=O)c1cn(C)c(C)n1. The monoisotopic (exact) mass is 416 g/mol. The predicted molar refractivity (Wildman–Crippen MR) is 117 cm³/mol. The van der Waals surface area contributed by atoms with Gasteiger partial charge in [0.05, 0.1) is 12.9 Å². The highest BCUT2D eigenvalue weighted by atomic mass is 32.2. The number of hydrogen-bond acceptors (Lipinski definition) is 4. The zero-order chi connectivity index (χ0) is 21.2. The summed E-state index contributed by atoms with van der Waals surface area (Å²) in [4.78, 5) is 4.20. The van der Waals surface area contributed by atoms with Crippen LogP contribution < -0.4 is 4.74 Å². The first-order valence-corrected chi connectivity index (χ1v) is 12.0. The van der Waals surface area contributed by atoms with Crippen LogP contribution in [0.5, 0.6) is 5.75 Å². The zero-order valence-electron chi connectivity index (χ0n) is 18.1. The lowest BCUT2D eigenvalue weighted by atomic mass is 9.89. The van der Waals surface area contributed by atoms with Crippen LogP contribution in [0.25, 0.3) is 6.08 Å². The first-order chi connectivity index (χ1) is 13.8. The number of aryl methyl sites for hydroxylation is 2. The smallest absolute Gasteiger partial charge is 0.197 e. The highest BCUT2D eigenvalue weighted by Crippen LogP contribution is 2.40. The molecule has 2 unspecified atom stereocenters. The summed E-state index contributed by atoms with van der Waals surface area (Å²) in [6.07, 6.45) is 9.76. The van der Waals surface area contributed by atoms with Crippen LogP contribution in [0.1, 0.15) is 61.5 Å². The van der Waals surface area contributed by atoms with Crippen molar-refractivity contribution in [3.63, 3.8) is 0 Å². The van der Waals surface area contributed by atoms with Gasteiger partial charge in [0.15, 0.2) is 14.9 Å². The maximum atomic E-state index is 12.7. The van der Waals surface area contributed by atoms with Gasteiger partial charge in [-0.3, -0.25) is 0 Å². The number of imidazole rings is 1. The van der Waals surface area contributed by atoms with E-state index in [1.54, 1.807) is 17.9 Å². The average molecular weight is 417 g/mol. The highest BCUT2D eigenvalue weighted by Gasteiger charge is 2.26. The third kappa shape index (κ3) is 4.58. The van der Waals surface area contributed by atoms with Crippen LogP contribution >= 0.6 is 0 Å². The van der Waals surface area contributed by atoms with Gasteiger partial charge in [0.25, 0.3) is 0 Å². The van der Waals surface area contributed by atoms with E-state index in [0.717, 1.165) is 12.2 Å². The average Bonchev–Trinajstić information content (AvgIpc) is 3.24. The van der Waals surface area contributed by atoms with E-state index in [9.17, 15) is 8.42 Å². The fraction of sp³-hybridized carbons (Fsp3) is 0.522. The van der Waals surface area contributed by atoms with Crippen molar-refractivity contribution in [2.24, 2.45) is 13.0 Å². The topological polar surface area (TPSA) is 61.2 Å². The van der Waals surface area contributed by atoms with E-state index in [0.29, 0.717) is 18.2 Å². The van der Waals surface area contributed by atoms with Crippen LogP contribution in [0, 0.1) is 12.8 Å². The molecule has 5 nitrogen and oxygen atoms in total. The predicted octanol–water partition coefficient (Wildman–Crippen LogP) is 4.69. The van der Waals surface area contributed by atoms with E-state index in [1.807, 2.05) is 20.0 Å². The molecule has 1 aromatic heterocycles. The zero-order valence-corrected chi connectivity index (χ0v) is 18.9. The number of sulfone groups is 1. The maximum Gasteiger partial charge on any atom is 0.197 e. The summed E-state index contributed by atoms with van der Waals surface area (Å²) in [7, 11) is 0.135. The molecule has 0 fully saturated rings. The number of ether oxygens (including phenoxy) is 1. The van der Waals surface area contributed by atoms with E-state index >= 15 is 0 Å². The van der Waals surface area contributed by atoms with Crippen LogP contribution in [-0.4, -0.2) is 30.8 Å². The molecule has 0 spiro atoms. The van der Waals surface area contributed by atoms with Gasteiger partial charge in [-0.1, -0.05) is 44.9 Å². The highest BCUT2D eigenvalue weighted by molar-refractivity contribution is 7.91. The van der Waals surface area contributed by atoms with E-state index < -0.39 is 9.84 Å². The molecule has 0 bridgehead atoms. The minimum atomic E-state index is -3.39. The molecule has 2 atom stereocenters. The molecule has 1 aliphatic carbocycles. The largest absolute Gasteiger partial charge is 0.496 e. The van der Waals surface area contributed by atoms with Gasteiger partial charge in [0.2, 0.25) is 0 Å². The maximum absolute atomic E-state index is 12.7. The van der Waals surface area contributed by atoms with E-state index in [1.165, 1.54) is 29.5 Å². The van der Waals surface area contributed by atoms with Crippen molar-refractivity contribution in [1.82, 2.24) is 9.55 Å². The fourth-order valence-electron chi connectivity index (χ4n) is 4.16. The Morgan fingerprint density at radius 1 is 1.31 bits per heavy atom. The van der Waals surface area contributed by atoms with Crippen molar-refractivity contribution in [3.8, 4) is 5.75 Å². The summed E-state index contributed by atoms with van der Waals surface area (Å²) >= 11 is 0. The standard InChI is InChI=1S/C23H32N2O3S/c1-6-7-16(2)14-21-20-9-8-18(19(20)10-11-22(21)28-5)12-13-29(26,27)23-15-25(4)17(3)24-23/h8-11,15-16,18H,6-7,12-14H2,1-5H3. The van der Waals surface area contributed by atoms with Crippen LogP contribution in [0.15, 0.2) is 29.4 Å². The molecule has 0 saturated heterocycles. The second-order valence-corrected chi connectivity index (χ2v) is 10.2. The number of nitrogens with zero attached hydrogens (tertiary/aromatic N) is 2. The summed E-state index contributed by atoms with van der Waals surface area (Å²) < 4.78 is 32.8. The van der Waals surface area contributed by atoms with Crippen LogP contribution in [-0.2, 0) is 23.3 Å². The lowest BCUT2D eigenvalue weighted by molar-refractivity contribution is 0.403. The molecule has 0 saturated carbocycles. The van der Waals surface area contributed by atoms with Crippen LogP contribution in [0.3, 0.4) is 0 Å². The molecule has 1 heterocycles. The second kappa shape index (κ2) is 8.74. The number of rotatable bonds is 9. The Morgan fingerprint density at radius 3 is 2.69 bits per heavy atom. The number of benzene rings is 1. The number of fused-ring (bicyclic) bond motifs is 1. The Hall–Kier alpha value is -2.08. The minimum absolute atomic E-state index is 0.0888. The Labute approximate surface area is 174 Å². The number of allylic oxidation sites excluding steroid dienone is 1. The van der Waals surface area contributed by atoms with Gasteiger partial charge >= 0.3 is 0 Å². The molecule has 1 aliphatic rings. The van der Waals surface area contributed by atoms with E-state index in [4.69, 9.17) is 4.74 Å². The Kier molecular flexibility index (Phi) is 6.52. The molecule has 0 amide bonds. The van der Waals surface area contributed by atoms with Crippen LogP contribution in [0.2, 0.25) is 0 Å². The van der Waals surface area contributed by atoms with Gasteiger partial charge in [-0.25, -0.2) is 13.4 Å². The van der Waals surface area contributed by atoms with Gasteiger partial charge in [0.1, 0.15) is 11.6 Å². The van der Waals surface area contributed by atoms with Crippen molar-refractivity contribution in [3.05, 3.63) is 46.9 Å². The molecule has 2 aromatic rings. The Bertz CT molecular complexity index is 986. The number of aromatic nitrogens is 2. The van der Waals surface area contributed by atoms with Crippen molar-refractivity contribution in [2.45, 2.75) is 57.4 Å². The molecular formula is C23H32N2O3S. The van der Waals surface area contributed by atoms with Gasteiger partial charge in [-0.15, -0.1) is 0 Å². The van der Waals surface area contributed by atoms with Crippen molar-refractivity contribution in [2.75, 3.05) is 12.9 Å². The molecule has 0 radical (unpaired) electrons. The van der Waals surface area contributed by atoms with Gasteiger partial charge in [-0.2, -0.15) is 0 Å². The first kappa shape index (κ1) is 21.6.